The van der Waals surface area contributed by atoms with Gasteiger partial charge in [0.25, 0.3) is 5.91 Å². The molecule has 1 fully saturated rings. The minimum absolute atomic E-state index is 0.0732. The summed E-state index contributed by atoms with van der Waals surface area (Å²) < 4.78 is 0. The van der Waals surface area contributed by atoms with Gasteiger partial charge in [-0.25, -0.2) is 9.78 Å². The van der Waals surface area contributed by atoms with Crippen molar-refractivity contribution in [1.29, 1.82) is 0 Å². The summed E-state index contributed by atoms with van der Waals surface area (Å²) in [5.74, 6) is 0.919. The number of urea groups is 1. The van der Waals surface area contributed by atoms with Crippen molar-refractivity contribution in [1.82, 2.24) is 15.2 Å². The average Bonchev–Trinajstić information content (AvgIpc) is 2.69. The molecule has 1 aliphatic rings. The fourth-order valence-electron chi connectivity index (χ4n) is 3.00. The van der Waals surface area contributed by atoms with Gasteiger partial charge in [-0.15, -0.1) is 0 Å². The number of piperazine rings is 1. The molecule has 1 aliphatic heterocycles. The Hall–Kier alpha value is -3.09. The molecule has 0 unspecified atom stereocenters. The standard InChI is InChI=1S/C20H25N5O2/c1-3-21-20(27)23-17-8-9-18(22-14-17)24-10-12-25(13-11-24)19(26)16-6-4-15(2)5-7-16/h4-9,14H,3,10-13H2,1-2H3,(H2,21,23,27). The number of hydrogen-bond donors (Lipinski definition) is 2. The van der Waals surface area contributed by atoms with E-state index in [1.54, 1.807) is 6.20 Å². The summed E-state index contributed by atoms with van der Waals surface area (Å²) in [7, 11) is 0. The molecule has 27 heavy (non-hydrogen) atoms. The lowest BCUT2D eigenvalue weighted by Crippen LogP contribution is -2.49. The minimum Gasteiger partial charge on any atom is -0.353 e. The molecule has 142 valence electrons. The first-order chi connectivity index (χ1) is 13.1. The third-order valence-electron chi connectivity index (χ3n) is 4.53. The number of carbonyl (C=O) groups excluding carboxylic acids is 2. The minimum atomic E-state index is -0.240. The molecule has 1 saturated heterocycles. The Balaban J connectivity index is 1.55. The molecule has 0 saturated carbocycles. The van der Waals surface area contributed by atoms with Gasteiger partial charge < -0.3 is 20.4 Å². The lowest BCUT2D eigenvalue weighted by atomic mass is 10.1. The van der Waals surface area contributed by atoms with E-state index in [2.05, 4.69) is 20.5 Å². The summed E-state index contributed by atoms with van der Waals surface area (Å²) in [5.41, 5.74) is 2.53. The van der Waals surface area contributed by atoms with Crippen molar-refractivity contribution in [3.05, 3.63) is 53.7 Å². The number of aryl methyl sites for hydroxylation is 1. The maximum absolute atomic E-state index is 12.6. The molecule has 1 aromatic heterocycles. The van der Waals surface area contributed by atoms with E-state index in [0.29, 0.717) is 25.3 Å². The van der Waals surface area contributed by atoms with Crippen molar-refractivity contribution in [3.63, 3.8) is 0 Å². The number of nitrogens with zero attached hydrogens (tertiary/aromatic N) is 3. The van der Waals surface area contributed by atoms with Crippen molar-refractivity contribution in [2.24, 2.45) is 0 Å². The summed E-state index contributed by atoms with van der Waals surface area (Å²) in [6.45, 7) is 7.23. The normalized spacial score (nSPS) is 14.0. The van der Waals surface area contributed by atoms with E-state index in [4.69, 9.17) is 0 Å². The molecule has 0 spiro atoms. The van der Waals surface area contributed by atoms with Crippen LogP contribution < -0.4 is 15.5 Å². The van der Waals surface area contributed by atoms with Crippen LogP contribution in [0.3, 0.4) is 0 Å². The number of amides is 3. The Morgan fingerprint density at radius 1 is 1.04 bits per heavy atom. The van der Waals surface area contributed by atoms with Crippen LogP contribution in [0.15, 0.2) is 42.6 Å². The maximum Gasteiger partial charge on any atom is 0.319 e. The lowest BCUT2D eigenvalue weighted by molar-refractivity contribution is 0.0746. The van der Waals surface area contributed by atoms with Crippen LogP contribution in [0.1, 0.15) is 22.8 Å². The summed E-state index contributed by atoms with van der Waals surface area (Å²) in [6, 6.07) is 11.2. The van der Waals surface area contributed by atoms with Gasteiger partial charge in [0.2, 0.25) is 0 Å². The molecule has 7 heteroatoms. The fraction of sp³-hybridized carbons (Fsp3) is 0.350. The summed E-state index contributed by atoms with van der Waals surface area (Å²) in [5, 5.41) is 5.41. The van der Waals surface area contributed by atoms with Crippen molar-refractivity contribution < 1.29 is 9.59 Å². The Morgan fingerprint density at radius 3 is 2.33 bits per heavy atom. The van der Waals surface area contributed by atoms with Gasteiger partial charge in [-0.3, -0.25) is 4.79 Å². The Kier molecular flexibility index (Phi) is 5.90. The largest absolute Gasteiger partial charge is 0.353 e. The molecule has 0 atom stereocenters. The van der Waals surface area contributed by atoms with Gasteiger partial charge in [-0.2, -0.15) is 0 Å². The molecular formula is C20H25N5O2. The molecule has 3 amide bonds. The van der Waals surface area contributed by atoms with Crippen LogP contribution >= 0.6 is 0 Å². The van der Waals surface area contributed by atoms with Gasteiger partial charge >= 0.3 is 6.03 Å². The van der Waals surface area contributed by atoms with Crippen molar-refractivity contribution in [2.75, 3.05) is 42.9 Å². The Bertz CT molecular complexity index is 781. The molecule has 0 aliphatic carbocycles. The monoisotopic (exact) mass is 367 g/mol. The summed E-state index contributed by atoms with van der Waals surface area (Å²) in [4.78, 5) is 32.6. The molecule has 2 N–H and O–H groups in total. The molecule has 1 aromatic carbocycles. The molecule has 0 bridgehead atoms. The lowest BCUT2D eigenvalue weighted by Gasteiger charge is -2.35. The predicted molar refractivity (Wildman–Crippen MR) is 106 cm³/mol. The van der Waals surface area contributed by atoms with Gasteiger partial charge in [0.05, 0.1) is 11.9 Å². The molecule has 7 nitrogen and oxygen atoms in total. The summed E-state index contributed by atoms with van der Waals surface area (Å²) >= 11 is 0. The highest BCUT2D eigenvalue weighted by Crippen LogP contribution is 2.17. The van der Waals surface area contributed by atoms with Gasteiger partial charge in [-0.1, -0.05) is 17.7 Å². The molecule has 2 heterocycles. The van der Waals surface area contributed by atoms with Crippen molar-refractivity contribution in [3.8, 4) is 0 Å². The van der Waals surface area contributed by atoms with Crippen molar-refractivity contribution in [2.45, 2.75) is 13.8 Å². The SMILES string of the molecule is CCNC(=O)Nc1ccc(N2CCN(C(=O)c3ccc(C)cc3)CC2)nc1. The first-order valence-corrected chi connectivity index (χ1v) is 9.18. The Labute approximate surface area is 159 Å². The van der Waals surface area contributed by atoms with E-state index in [1.165, 1.54) is 0 Å². The number of carbonyl (C=O) groups is 2. The van der Waals surface area contributed by atoms with Gasteiger partial charge in [0.1, 0.15) is 5.82 Å². The maximum atomic E-state index is 12.6. The summed E-state index contributed by atoms with van der Waals surface area (Å²) in [6.07, 6.45) is 1.65. The number of rotatable bonds is 4. The van der Waals surface area contributed by atoms with Crippen LogP contribution in [0.4, 0.5) is 16.3 Å². The highest BCUT2D eigenvalue weighted by atomic mass is 16.2. The van der Waals surface area contributed by atoms with Crippen LogP contribution in [-0.2, 0) is 0 Å². The van der Waals surface area contributed by atoms with Gasteiger partial charge in [0, 0.05) is 38.3 Å². The van der Waals surface area contributed by atoms with Crippen LogP contribution in [-0.4, -0.2) is 54.5 Å². The first kappa shape index (κ1) is 18.7. The van der Waals surface area contributed by atoms with E-state index in [0.717, 1.165) is 30.0 Å². The number of nitrogens with one attached hydrogen (secondary N) is 2. The first-order valence-electron chi connectivity index (χ1n) is 9.18. The van der Waals surface area contributed by atoms with E-state index < -0.39 is 0 Å². The second-order valence-corrected chi connectivity index (χ2v) is 6.53. The zero-order valence-electron chi connectivity index (χ0n) is 15.7. The number of hydrogen-bond acceptors (Lipinski definition) is 4. The zero-order chi connectivity index (χ0) is 19.2. The van der Waals surface area contributed by atoms with E-state index in [-0.39, 0.29) is 11.9 Å². The molecule has 0 radical (unpaired) electrons. The number of anilines is 2. The van der Waals surface area contributed by atoms with Crippen LogP contribution in [0.2, 0.25) is 0 Å². The van der Waals surface area contributed by atoms with Crippen LogP contribution in [0.25, 0.3) is 0 Å². The van der Waals surface area contributed by atoms with Crippen molar-refractivity contribution >= 4 is 23.4 Å². The average molecular weight is 367 g/mol. The smallest absolute Gasteiger partial charge is 0.319 e. The second kappa shape index (κ2) is 8.53. The third kappa shape index (κ3) is 4.75. The van der Waals surface area contributed by atoms with Crippen LogP contribution in [0.5, 0.6) is 0 Å². The van der Waals surface area contributed by atoms with E-state index in [1.807, 2.05) is 55.1 Å². The highest BCUT2D eigenvalue weighted by molar-refractivity contribution is 5.94. The number of benzene rings is 1. The van der Waals surface area contributed by atoms with Gasteiger partial charge in [-0.05, 0) is 38.1 Å². The number of pyridine rings is 1. The Morgan fingerprint density at radius 2 is 1.74 bits per heavy atom. The van der Waals surface area contributed by atoms with E-state index >= 15 is 0 Å². The molecule has 3 rings (SSSR count). The number of aromatic nitrogens is 1. The third-order valence-corrected chi connectivity index (χ3v) is 4.53. The molecular weight excluding hydrogens is 342 g/mol. The van der Waals surface area contributed by atoms with Crippen LogP contribution in [0, 0.1) is 6.92 Å². The van der Waals surface area contributed by atoms with Gasteiger partial charge in [0.15, 0.2) is 0 Å². The van der Waals surface area contributed by atoms with E-state index in [9.17, 15) is 9.59 Å². The fourth-order valence-corrected chi connectivity index (χ4v) is 3.00. The second-order valence-electron chi connectivity index (χ2n) is 6.53. The topological polar surface area (TPSA) is 77.6 Å². The molecule has 2 aromatic rings. The zero-order valence-corrected chi connectivity index (χ0v) is 15.7. The quantitative estimate of drug-likeness (QED) is 0.870. The highest BCUT2D eigenvalue weighted by Gasteiger charge is 2.22. The predicted octanol–water partition coefficient (Wildman–Crippen LogP) is 2.49.